The summed E-state index contributed by atoms with van der Waals surface area (Å²) in [6.45, 7) is 8.78. The summed E-state index contributed by atoms with van der Waals surface area (Å²) in [4.78, 5) is 10.3. The quantitative estimate of drug-likeness (QED) is 0.406. The molecule has 128 valence electrons. The lowest BCUT2D eigenvalue weighted by molar-refractivity contribution is 0.904. The minimum atomic E-state index is 1.05. The maximum absolute atomic E-state index is 5.13. The molecule has 0 aliphatic heterocycles. The number of para-hydroxylation sites is 2. The first-order chi connectivity index (χ1) is 12.6. The number of aryl methyl sites for hydroxylation is 4. The van der Waals surface area contributed by atoms with Crippen LogP contribution in [0, 0.1) is 27.7 Å². The summed E-state index contributed by atoms with van der Waals surface area (Å²) in [5.74, 6) is 0. The second kappa shape index (κ2) is 5.38. The molecule has 2 nitrogen and oxygen atoms in total. The average molecular weight is 338 g/mol. The van der Waals surface area contributed by atoms with E-state index in [9.17, 15) is 0 Å². The Morgan fingerprint density at radius 2 is 1.04 bits per heavy atom. The summed E-state index contributed by atoms with van der Waals surface area (Å²) in [7, 11) is 0. The molecule has 0 bridgehead atoms. The van der Waals surface area contributed by atoms with Crippen molar-refractivity contribution in [3.05, 3.63) is 69.8 Å². The van der Waals surface area contributed by atoms with Gasteiger partial charge in [-0.15, -0.1) is 0 Å². The van der Waals surface area contributed by atoms with Crippen LogP contribution in [-0.4, -0.2) is 9.97 Å². The number of fused-ring (bicyclic) bond motifs is 5. The third-order valence-electron chi connectivity index (χ3n) is 6.06. The van der Waals surface area contributed by atoms with Crippen LogP contribution in [0.4, 0.5) is 0 Å². The zero-order valence-electron chi connectivity index (χ0n) is 15.8. The summed E-state index contributed by atoms with van der Waals surface area (Å²) in [5.41, 5.74) is 12.3. The van der Waals surface area contributed by atoms with Gasteiger partial charge in [0, 0.05) is 10.8 Å². The number of aromatic nitrogens is 2. The Morgan fingerprint density at radius 3 is 1.46 bits per heavy atom. The van der Waals surface area contributed by atoms with Crippen LogP contribution < -0.4 is 0 Å². The first-order valence-corrected chi connectivity index (χ1v) is 9.34. The molecule has 0 atom stereocenters. The summed E-state index contributed by atoms with van der Waals surface area (Å²) >= 11 is 0. The van der Waals surface area contributed by atoms with E-state index in [0.717, 1.165) is 35.3 Å². The van der Waals surface area contributed by atoms with Gasteiger partial charge in [0.15, 0.2) is 0 Å². The first-order valence-electron chi connectivity index (χ1n) is 9.34. The summed E-state index contributed by atoms with van der Waals surface area (Å²) in [5, 5.41) is 2.56. The number of benzene rings is 2. The molecule has 2 heteroatoms. The zero-order chi connectivity index (χ0) is 18.0. The maximum Gasteiger partial charge on any atom is 0.0931 e. The van der Waals surface area contributed by atoms with Crippen molar-refractivity contribution < 1.29 is 0 Å². The summed E-state index contributed by atoms with van der Waals surface area (Å²) < 4.78 is 0. The molecule has 2 aromatic heterocycles. The highest BCUT2D eigenvalue weighted by atomic mass is 14.8. The monoisotopic (exact) mass is 338 g/mol. The van der Waals surface area contributed by atoms with Gasteiger partial charge < -0.3 is 0 Å². The van der Waals surface area contributed by atoms with Crippen molar-refractivity contribution in [2.24, 2.45) is 0 Å². The number of rotatable bonds is 0. The van der Waals surface area contributed by atoms with E-state index in [1.807, 2.05) is 0 Å². The zero-order valence-corrected chi connectivity index (χ0v) is 15.8. The fraction of sp³-hybridized carbons (Fsp3) is 0.250. The van der Waals surface area contributed by atoms with Crippen LogP contribution in [-0.2, 0) is 12.8 Å². The Hall–Kier alpha value is -2.74. The molecular weight excluding hydrogens is 316 g/mol. The van der Waals surface area contributed by atoms with Gasteiger partial charge in [-0.05, 0) is 73.9 Å². The van der Waals surface area contributed by atoms with Crippen molar-refractivity contribution in [3.8, 4) is 11.4 Å². The molecule has 0 amide bonds. The minimum absolute atomic E-state index is 1.05. The summed E-state index contributed by atoms with van der Waals surface area (Å²) in [6.07, 6.45) is 2.09. The molecule has 2 aromatic carbocycles. The molecule has 26 heavy (non-hydrogen) atoms. The Kier molecular flexibility index (Phi) is 3.21. The molecule has 0 N–H and O–H groups in total. The van der Waals surface area contributed by atoms with Crippen LogP contribution in [0.15, 0.2) is 36.4 Å². The highest BCUT2D eigenvalue weighted by Crippen LogP contribution is 2.39. The molecule has 0 spiro atoms. The van der Waals surface area contributed by atoms with E-state index in [2.05, 4.69) is 64.1 Å². The van der Waals surface area contributed by atoms with Crippen molar-refractivity contribution in [3.63, 3.8) is 0 Å². The number of hydrogen-bond acceptors (Lipinski definition) is 2. The second-order valence-electron chi connectivity index (χ2n) is 7.57. The van der Waals surface area contributed by atoms with Gasteiger partial charge in [-0.3, -0.25) is 0 Å². The fourth-order valence-corrected chi connectivity index (χ4v) is 4.51. The van der Waals surface area contributed by atoms with Gasteiger partial charge in [-0.1, -0.05) is 36.4 Å². The topological polar surface area (TPSA) is 25.8 Å². The summed E-state index contributed by atoms with van der Waals surface area (Å²) in [6, 6.07) is 13.0. The normalized spacial score (nSPS) is 13.1. The highest BCUT2D eigenvalue weighted by molar-refractivity contribution is 5.93. The highest BCUT2D eigenvalue weighted by Gasteiger charge is 2.25. The van der Waals surface area contributed by atoms with E-state index in [4.69, 9.17) is 9.97 Å². The van der Waals surface area contributed by atoms with Crippen molar-refractivity contribution >= 4 is 21.8 Å². The number of pyridine rings is 2. The molecule has 0 unspecified atom stereocenters. The van der Waals surface area contributed by atoms with Crippen molar-refractivity contribution in [1.82, 2.24) is 9.97 Å². The van der Waals surface area contributed by atoms with Crippen molar-refractivity contribution in [1.29, 1.82) is 0 Å². The van der Waals surface area contributed by atoms with Gasteiger partial charge in [0.25, 0.3) is 0 Å². The number of nitrogens with zero attached hydrogens (tertiary/aromatic N) is 2. The fourth-order valence-electron chi connectivity index (χ4n) is 4.51. The maximum atomic E-state index is 5.13. The lowest BCUT2D eigenvalue weighted by Crippen LogP contribution is -2.12. The van der Waals surface area contributed by atoms with Gasteiger partial charge in [0.2, 0.25) is 0 Å². The SMILES string of the molecule is Cc1c2c(nc3c(C)cccc13)-c1nc3c(C)cccc3c(C)c1CC2. The van der Waals surface area contributed by atoms with Gasteiger partial charge in [-0.25, -0.2) is 9.97 Å². The van der Waals surface area contributed by atoms with E-state index >= 15 is 0 Å². The van der Waals surface area contributed by atoms with Crippen molar-refractivity contribution in [2.45, 2.75) is 40.5 Å². The van der Waals surface area contributed by atoms with E-state index in [-0.39, 0.29) is 0 Å². The third kappa shape index (κ3) is 1.99. The predicted molar refractivity (Wildman–Crippen MR) is 109 cm³/mol. The van der Waals surface area contributed by atoms with Crippen LogP contribution in [0.25, 0.3) is 33.2 Å². The molecule has 0 saturated carbocycles. The minimum Gasteiger partial charge on any atom is -0.246 e. The molecular formula is C24H22N2. The Labute approximate surface area is 153 Å². The average Bonchev–Trinajstić information content (AvgIpc) is 2.64. The molecule has 1 aliphatic rings. The second-order valence-corrected chi connectivity index (χ2v) is 7.57. The van der Waals surface area contributed by atoms with E-state index < -0.39 is 0 Å². The van der Waals surface area contributed by atoms with Crippen molar-refractivity contribution in [2.75, 3.05) is 0 Å². The molecule has 0 fully saturated rings. The standard InChI is InChI=1S/C24H22N2/c1-13-7-5-9-17-15(3)19-11-12-20-16(4)18-10-6-8-14(2)22(18)26-24(20)23(19)25-21(13)17/h5-10H,11-12H2,1-4H3. The predicted octanol–water partition coefficient (Wildman–Crippen LogP) is 5.78. The van der Waals surface area contributed by atoms with Gasteiger partial charge in [-0.2, -0.15) is 0 Å². The van der Waals surface area contributed by atoms with Crippen LogP contribution in [0.1, 0.15) is 33.4 Å². The Morgan fingerprint density at radius 1 is 0.615 bits per heavy atom. The molecule has 5 rings (SSSR count). The lowest BCUT2D eigenvalue weighted by Gasteiger charge is -2.24. The van der Waals surface area contributed by atoms with E-state index in [1.54, 1.807) is 0 Å². The largest absolute Gasteiger partial charge is 0.246 e. The van der Waals surface area contributed by atoms with Gasteiger partial charge in [0.1, 0.15) is 0 Å². The Balaban J connectivity index is 1.93. The van der Waals surface area contributed by atoms with E-state index in [1.165, 1.54) is 44.2 Å². The van der Waals surface area contributed by atoms with Crippen LogP contribution >= 0.6 is 0 Å². The molecule has 2 heterocycles. The molecule has 0 radical (unpaired) electrons. The van der Waals surface area contributed by atoms with Crippen LogP contribution in [0.2, 0.25) is 0 Å². The molecule has 1 aliphatic carbocycles. The number of hydrogen-bond donors (Lipinski definition) is 0. The van der Waals surface area contributed by atoms with Gasteiger partial charge in [0.05, 0.1) is 22.4 Å². The Bertz CT molecular complexity index is 1120. The van der Waals surface area contributed by atoms with Gasteiger partial charge >= 0.3 is 0 Å². The van der Waals surface area contributed by atoms with E-state index in [0.29, 0.717) is 0 Å². The molecule has 0 saturated heterocycles. The first kappa shape index (κ1) is 15.5. The van der Waals surface area contributed by atoms with Crippen LogP contribution in [0.5, 0.6) is 0 Å². The molecule has 4 aromatic rings. The smallest absolute Gasteiger partial charge is 0.0931 e. The lowest BCUT2D eigenvalue weighted by atomic mass is 9.85. The third-order valence-corrected chi connectivity index (χ3v) is 6.06. The van der Waals surface area contributed by atoms with Crippen LogP contribution in [0.3, 0.4) is 0 Å².